The average molecular weight is 399 g/mol. The van der Waals surface area contributed by atoms with Gasteiger partial charge >= 0.3 is 0 Å². The van der Waals surface area contributed by atoms with Crippen LogP contribution in [0.5, 0.6) is 5.75 Å². The van der Waals surface area contributed by atoms with Gasteiger partial charge in [-0.15, -0.1) is 0 Å². The normalized spacial score (nSPS) is 15.7. The van der Waals surface area contributed by atoms with Crippen LogP contribution in [0.4, 0.5) is 10.1 Å². The number of halogens is 1. The number of nitrogens with zero attached hydrogens (tertiary/aromatic N) is 2. The second kappa shape index (κ2) is 9.05. The van der Waals surface area contributed by atoms with E-state index in [9.17, 15) is 14.0 Å². The summed E-state index contributed by atoms with van der Waals surface area (Å²) in [4.78, 5) is 29.1. The van der Waals surface area contributed by atoms with E-state index in [1.165, 1.54) is 12.1 Å². The van der Waals surface area contributed by atoms with Crippen LogP contribution in [0.15, 0.2) is 42.5 Å². The molecule has 0 radical (unpaired) electrons. The Morgan fingerprint density at radius 2 is 1.79 bits per heavy atom. The van der Waals surface area contributed by atoms with Crippen molar-refractivity contribution in [2.75, 3.05) is 38.6 Å². The number of carbonyl (C=O) groups is 2. The van der Waals surface area contributed by atoms with Crippen LogP contribution in [0.2, 0.25) is 0 Å². The molecule has 154 valence electrons. The van der Waals surface area contributed by atoms with Gasteiger partial charge in [0.15, 0.2) is 0 Å². The molecule has 1 saturated heterocycles. The molecule has 2 aromatic rings. The third-order valence-corrected chi connectivity index (χ3v) is 5.32. The Hall–Kier alpha value is -2.93. The van der Waals surface area contributed by atoms with Gasteiger partial charge in [-0.25, -0.2) is 4.39 Å². The van der Waals surface area contributed by atoms with Crippen molar-refractivity contribution in [3.8, 4) is 5.75 Å². The first-order chi connectivity index (χ1) is 13.9. The van der Waals surface area contributed by atoms with Crippen molar-refractivity contribution >= 4 is 17.5 Å². The largest absolute Gasteiger partial charge is 0.496 e. The van der Waals surface area contributed by atoms with Gasteiger partial charge in [0, 0.05) is 31.7 Å². The molecule has 1 heterocycles. The van der Waals surface area contributed by atoms with E-state index in [0.29, 0.717) is 37.5 Å². The highest BCUT2D eigenvalue weighted by atomic mass is 19.1. The van der Waals surface area contributed by atoms with Crippen LogP contribution in [0.1, 0.15) is 22.8 Å². The lowest BCUT2D eigenvalue weighted by Crippen LogP contribution is -2.54. The van der Waals surface area contributed by atoms with E-state index in [-0.39, 0.29) is 17.5 Å². The number of ether oxygens (including phenoxy) is 1. The molecule has 2 aromatic carbocycles. The molecule has 0 saturated carbocycles. The highest BCUT2D eigenvalue weighted by Crippen LogP contribution is 2.21. The van der Waals surface area contributed by atoms with Crippen LogP contribution >= 0.6 is 0 Å². The molecule has 1 atom stereocenters. The molecule has 3 rings (SSSR count). The monoisotopic (exact) mass is 399 g/mol. The molecule has 0 aliphatic carbocycles. The number of carbonyl (C=O) groups excluding carboxylic acids is 2. The Bertz CT molecular complexity index is 895. The first kappa shape index (κ1) is 20.8. The van der Waals surface area contributed by atoms with Gasteiger partial charge in [-0.05, 0) is 43.7 Å². The van der Waals surface area contributed by atoms with E-state index in [4.69, 9.17) is 4.74 Å². The zero-order valence-corrected chi connectivity index (χ0v) is 16.9. The average Bonchev–Trinajstić information content (AvgIpc) is 2.74. The van der Waals surface area contributed by atoms with Crippen LogP contribution in [0, 0.1) is 12.7 Å². The van der Waals surface area contributed by atoms with Crippen molar-refractivity contribution in [3.05, 3.63) is 59.4 Å². The molecule has 7 heteroatoms. The molecule has 0 spiro atoms. The maximum Gasteiger partial charge on any atom is 0.254 e. The van der Waals surface area contributed by atoms with Crippen molar-refractivity contribution in [1.29, 1.82) is 0 Å². The predicted molar refractivity (Wildman–Crippen MR) is 110 cm³/mol. The van der Waals surface area contributed by atoms with E-state index in [2.05, 4.69) is 5.32 Å². The standard InChI is InChI=1S/C22H26FN3O3/c1-15-8-9-17(14-20(15)29-3)22(28)26-12-10-25(11-13-26)16(2)21(27)24-19-7-5-4-6-18(19)23/h4-9,14,16H,10-13H2,1-3H3,(H,24,27). The van der Waals surface area contributed by atoms with E-state index in [1.807, 2.05) is 17.9 Å². The molecular weight excluding hydrogens is 373 g/mol. The summed E-state index contributed by atoms with van der Waals surface area (Å²) in [6.45, 7) is 5.90. The molecule has 0 bridgehead atoms. The van der Waals surface area contributed by atoms with Gasteiger partial charge in [-0.3, -0.25) is 14.5 Å². The van der Waals surface area contributed by atoms with Gasteiger partial charge in [0.1, 0.15) is 11.6 Å². The Morgan fingerprint density at radius 1 is 1.10 bits per heavy atom. The number of benzene rings is 2. The summed E-state index contributed by atoms with van der Waals surface area (Å²) in [5, 5.41) is 2.63. The van der Waals surface area contributed by atoms with E-state index < -0.39 is 11.9 Å². The van der Waals surface area contributed by atoms with E-state index in [1.54, 1.807) is 43.2 Å². The molecule has 0 aromatic heterocycles. The summed E-state index contributed by atoms with van der Waals surface area (Å²) in [6.07, 6.45) is 0. The number of nitrogens with one attached hydrogen (secondary N) is 1. The third kappa shape index (κ3) is 4.74. The molecule has 2 amide bonds. The number of methoxy groups -OCH3 is 1. The Kier molecular flexibility index (Phi) is 6.49. The van der Waals surface area contributed by atoms with Gasteiger partial charge in [0.25, 0.3) is 5.91 Å². The first-order valence-corrected chi connectivity index (χ1v) is 9.64. The highest BCUT2D eigenvalue weighted by molar-refractivity contribution is 5.95. The molecular formula is C22H26FN3O3. The maximum atomic E-state index is 13.8. The van der Waals surface area contributed by atoms with Gasteiger partial charge in [0.2, 0.25) is 5.91 Å². The smallest absolute Gasteiger partial charge is 0.254 e. The Balaban J connectivity index is 1.57. The lowest BCUT2D eigenvalue weighted by atomic mass is 10.1. The maximum absolute atomic E-state index is 13.8. The number of amides is 2. The number of anilines is 1. The highest BCUT2D eigenvalue weighted by Gasteiger charge is 2.28. The summed E-state index contributed by atoms with van der Waals surface area (Å²) >= 11 is 0. The SMILES string of the molecule is COc1cc(C(=O)N2CCN(C(C)C(=O)Nc3ccccc3F)CC2)ccc1C. The first-order valence-electron chi connectivity index (χ1n) is 9.64. The fourth-order valence-corrected chi connectivity index (χ4v) is 3.41. The minimum absolute atomic E-state index is 0.0496. The lowest BCUT2D eigenvalue weighted by molar-refractivity contribution is -0.121. The van der Waals surface area contributed by atoms with E-state index >= 15 is 0 Å². The summed E-state index contributed by atoms with van der Waals surface area (Å²) in [5.74, 6) is -0.0884. The zero-order valence-electron chi connectivity index (χ0n) is 16.9. The van der Waals surface area contributed by atoms with Gasteiger partial charge in [-0.1, -0.05) is 18.2 Å². The second-order valence-corrected chi connectivity index (χ2v) is 7.16. The van der Waals surface area contributed by atoms with E-state index in [0.717, 1.165) is 5.56 Å². The minimum Gasteiger partial charge on any atom is -0.496 e. The molecule has 1 fully saturated rings. The van der Waals surface area contributed by atoms with Gasteiger partial charge in [-0.2, -0.15) is 0 Å². The molecule has 1 aliphatic rings. The summed E-state index contributed by atoms with van der Waals surface area (Å²) < 4.78 is 19.1. The van der Waals surface area contributed by atoms with Crippen LogP contribution < -0.4 is 10.1 Å². The number of hydrogen-bond donors (Lipinski definition) is 1. The number of rotatable bonds is 5. The summed E-state index contributed by atoms with van der Waals surface area (Å²) in [6, 6.07) is 11.1. The number of hydrogen-bond acceptors (Lipinski definition) is 4. The quantitative estimate of drug-likeness (QED) is 0.840. The molecule has 1 unspecified atom stereocenters. The number of para-hydroxylation sites is 1. The molecule has 6 nitrogen and oxygen atoms in total. The Labute approximate surface area is 170 Å². The molecule has 1 N–H and O–H groups in total. The van der Waals surface area contributed by atoms with Crippen LogP contribution in [-0.4, -0.2) is 60.9 Å². The Morgan fingerprint density at radius 3 is 2.45 bits per heavy atom. The predicted octanol–water partition coefficient (Wildman–Crippen LogP) is 2.93. The number of aryl methyl sites for hydroxylation is 1. The summed E-state index contributed by atoms with van der Waals surface area (Å²) in [7, 11) is 1.59. The fraction of sp³-hybridized carbons (Fsp3) is 0.364. The van der Waals surface area contributed by atoms with Crippen LogP contribution in [0.25, 0.3) is 0 Å². The van der Waals surface area contributed by atoms with Crippen molar-refractivity contribution in [2.24, 2.45) is 0 Å². The van der Waals surface area contributed by atoms with Crippen LogP contribution in [-0.2, 0) is 4.79 Å². The summed E-state index contributed by atoms with van der Waals surface area (Å²) in [5.41, 5.74) is 1.74. The topological polar surface area (TPSA) is 61.9 Å². The molecule has 29 heavy (non-hydrogen) atoms. The zero-order chi connectivity index (χ0) is 21.0. The van der Waals surface area contributed by atoms with Crippen molar-refractivity contribution in [2.45, 2.75) is 19.9 Å². The van der Waals surface area contributed by atoms with Gasteiger partial charge in [0.05, 0.1) is 18.8 Å². The minimum atomic E-state index is -0.461. The van der Waals surface area contributed by atoms with Crippen molar-refractivity contribution in [1.82, 2.24) is 9.80 Å². The molecule has 1 aliphatic heterocycles. The lowest BCUT2D eigenvalue weighted by Gasteiger charge is -2.37. The van der Waals surface area contributed by atoms with Gasteiger partial charge < -0.3 is 15.0 Å². The van der Waals surface area contributed by atoms with Crippen molar-refractivity contribution < 1.29 is 18.7 Å². The fourth-order valence-electron chi connectivity index (χ4n) is 3.41. The third-order valence-electron chi connectivity index (χ3n) is 5.32. The second-order valence-electron chi connectivity index (χ2n) is 7.16. The number of piperazine rings is 1. The van der Waals surface area contributed by atoms with Crippen LogP contribution in [0.3, 0.4) is 0 Å². The van der Waals surface area contributed by atoms with Crippen molar-refractivity contribution in [3.63, 3.8) is 0 Å².